The molecule has 23 heavy (non-hydrogen) atoms. The number of ether oxygens (including phenoxy) is 2. The Morgan fingerprint density at radius 2 is 2.26 bits per heavy atom. The van der Waals surface area contributed by atoms with Gasteiger partial charge in [-0.3, -0.25) is 9.67 Å². The molecule has 2 atom stereocenters. The van der Waals surface area contributed by atoms with E-state index in [-0.39, 0.29) is 12.2 Å². The number of nitrogens with one attached hydrogen (secondary N) is 1. The molecule has 0 spiro atoms. The Labute approximate surface area is 137 Å². The molecule has 2 unspecified atom stereocenters. The van der Waals surface area contributed by atoms with E-state index in [9.17, 15) is 0 Å². The number of guanidine groups is 1. The summed E-state index contributed by atoms with van der Waals surface area (Å²) in [4.78, 5) is 6.68. The van der Waals surface area contributed by atoms with Crippen LogP contribution in [-0.4, -0.2) is 72.7 Å². The molecule has 0 amide bonds. The zero-order chi connectivity index (χ0) is 16.1. The van der Waals surface area contributed by atoms with Gasteiger partial charge in [-0.1, -0.05) is 0 Å². The van der Waals surface area contributed by atoms with Crippen LogP contribution in [0.1, 0.15) is 18.4 Å². The van der Waals surface area contributed by atoms with E-state index in [4.69, 9.17) is 9.47 Å². The highest BCUT2D eigenvalue weighted by molar-refractivity contribution is 5.80. The first kappa shape index (κ1) is 16.3. The normalized spacial score (nSPS) is 25.8. The molecule has 0 aliphatic carbocycles. The van der Waals surface area contributed by atoms with Crippen LogP contribution in [0.5, 0.6) is 0 Å². The maximum atomic E-state index is 5.90. The Morgan fingerprint density at radius 1 is 1.39 bits per heavy atom. The van der Waals surface area contributed by atoms with Gasteiger partial charge in [-0.2, -0.15) is 5.10 Å². The number of nitrogens with zero attached hydrogens (tertiary/aromatic N) is 4. The van der Waals surface area contributed by atoms with E-state index in [1.165, 1.54) is 5.56 Å². The molecule has 128 valence electrons. The fraction of sp³-hybridized carbons (Fsp3) is 0.750. The second-order valence-electron chi connectivity index (χ2n) is 6.16. The minimum atomic E-state index is 0.151. The Balaban J connectivity index is 1.49. The van der Waals surface area contributed by atoms with E-state index in [2.05, 4.69) is 27.2 Å². The van der Waals surface area contributed by atoms with Crippen LogP contribution in [0, 0.1) is 6.92 Å². The highest BCUT2D eigenvalue weighted by atomic mass is 16.5. The maximum Gasteiger partial charge on any atom is 0.193 e. The molecule has 2 fully saturated rings. The van der Waals surface area contributed by atoms with Crippen molar-refractivity contribution in [3.05, 3.63) is 18.0 Å². The zero-order valence-corrected chi connectivity index (χ0v) is 14.1. The highest BCUT2D eigenvalue weighted by Crippen LogP contribution is 2.20. The summed E-state index contributed by atoms with van der Waals surface area (Å²) >= 11 is 0. The van der Waals surface area contributed by atoms with Gasteiger partial charge in [-0.25, -0.2) is 0 Å². The van der Waals surface area contributed by atoms with Crippen LogP contribution in [-0.2, 0) is 16.0 Å². The first-order valence-corrected chi connectivity index (χ1v) is 8.44. The standard InChI is InChI=1S/C16H27N5O2/c1-13-10-19-21(11-13)6-5-18-16(17-2)20-7-9-23-15(12-20)14-4-3-8-22-14/h10-11,14-15H,3-9,12H2,1-2H3,(H,17,18). The van der Waals surface area contributed by atoms with E-state index >= 15 is 0 Å². The number of hydrogen-bond donors (Lipinski definition) is 1. The number of rotatable bonds is 4. The molecule has 3 rings (SSSR count). The third kappa shape index (κ3) is 4.23. The lowest BCUT2D eigenvalue weighted by molar-refractivity contribution is -0.0816. The molecule has 1 N–H and O–H groups in total. The molecule has 2 aliphatic rings. The second kappa shape index (κ2) is 7.79. The van der Waals surface area contributed by atoms with Gasteiger partial charge in [0.2, 0.25) is 0 Å². The molecule has 0 saturated carbocycles. The van der Waals surface area contributed by atoms with E-state index in [0.29, 0.717) is 0 Å². The van der Waals surface area contributed by atoms with Crippen LogP contribution in [0.3, 0.4) is 0 Å². The maximum absolute atomic E-state index is 5.90. The molecule has 0 radical (unpaired) electrons. The molecular formula is C16H27N5O2. The fourth-order valence-electron chi connectivity index (χ4n) is 3.19. The lowest BCUT2D eigenvalue weighted by Gasteiger charge is -2.37. The summed E-state index contributed by atoms with van der Waals surface area (Å²) in [5.74, 6) is 0.931. The van der Waals surface area contributed by atoms with Crippen molar-refractivity contribution in [3.63, 3.8) is 0 Å². The average molecular weight is 321 g/mol. The summed E-state index contributed by atoms with van der Waals surface area (Å²) in [6.07, 6.45) is 6.56. The molecule has 2 saturated heterocycles. The van der Waals surface area contributed by atoms with E-state index in [0.717, 1.165) is 58.2 Å². The van der Waals surface area contributed by atoms with Crippen LogP contribution in [0.15, 0.2) is 17.4 Å². The van der Waals surface area contributed by atoms with Gasteiger partial charge in [0, 0.05) is 39.5 Å². The first-order chi connectivity index (χ1) is 11.3. The molecule has 1 aromatic rings. The van der Waals surface area contributed by atoms with Crippen LogP contribution >= 0.6 is 0 Å². The first-order valence-electron chi connectivity index (χ1n) is 8.44. The third-order valence-electron chi connectivity index (χ3n) is 4.37. The molecule has 7 heteroatoms. The van der Waals surface area contributed by atoms with Crippen LogP contribution in [0.2, 0.25) is 0 Å². The summed E-state index contributed by atoms with van der Waals surface area (Å²) in [7, 11) is 1.83. The molecule has 0 bridgehead atoms. The van der Waals surface area contributed by atoms with Gasteiger partial charge < -0.3 is 19.7 Å². The van der Waals surface area contributed by atoms with Crippen molar-refractivity contribution in [1.82, 2.24) is 20.0 Å². The van der Waals surface area contributed by atoms with Crippen LogP contribution < -0.4 is 5.32 Å². The minimum absolute atomic E-state index is 0.151. The molecule has 3 heterocycles. The van der Waals surface area contributed by atoms with Gasteiger partial charge in [-0.05, 0) is 25.3 Å². The fourth-order valence-corrected chi connectivity index (χ4v) is 3.19. The number of aryl methyl sites for hydroxylation is 1. The van der Waals surface area contributed by atoms with E-state index in [1.807, 2.05) is 24.1 Å². The molecular weight excluding hydrogens is 294 g/mol. The summed E-state index contributed by atoms with van der Waals surface area (Å²) in [5, 5.41) is 7.73. The number of morpholine rings is 1. The predicted octanol–water partition coefficient (Wildman–Crippen LogP) is 0.647. The summed E-state index contributed by atoms with van der Waals surface area (Å²) in [6, 6.07) is 0. The van der Waals surface area contributed by atoms with Crippen molar-refractivity contribution >= 4 is 5.96 Å². The quantitative estimate of drug-likeness (QED) is 0.651. The molecule has 1 aromatic heterocycles. The largest absolute Gasteiger partial charge is 0.375 e. The Morgan fingerprint density at radius 3 is 2.96 bits per heavy atom. The van der Waals surface area contributed by atoms with Crippen molar-refractivity contribution in [2.45, 2.75) is 38.5 Å². The predicted molar refractivity (Wildman–Crippen MR) is 88.6 cm³/mol. The Kier molecular flexibility index (Phi) is 5.51. The van der Waals surface area contributed by atoms with Crippen molar-refractivity contribution in [2.24, 2.45) is 4.99 Å². The van der Waals surface area contributed by atoms with Crippen molar-refractivity contribution in [1.29, 1.82) is 0 Å². The van der Waals surface area contributed by atoms with Crippen LogP contribution in [0.25, 0.3) is 0 Å². The zero-order valence-electron chi connectivity index (χ0n) is 14.1. The van der Waals surface area contributed by atoms with Gasteiger partial charge in [0.25, 0.3) is 0 Å². The minimum Gasteiger partial charge on any atom is -0.375 e. The molecule has 7 nitrogen and oxygen atoms in total. The second-order valence-corrected chi connectivity index (χ2v) is 6.16. The van der Waals surface area contributed by atoms with Crippen molar-refractivity contribution < 1.29 is 9.47 Å². The van der Waals surface area contributed by atoms with E-state index < -0.39 is 0 Å². The summed E-state index contributed by atoms with van der Waals surface area (Å²) in [5.41, 5.74) is 1.18. The monoisotopic (exact) mass is 321 g/mol. The highest BCUT2D eigenvalue weighted by Gasteiger charge is 2.32. The Bertz CT molecular complexity index is 524. The lowest BCUT2D eigenvalue weighted by atomic mass is 10.1. The van der Waals surface area contributed by atoms with Gasteiger partial charge in [-0.15, -0.1) is 0 Å². The summed E-state index contributed by atoms with van der Waals surface area (Å²) < 4.78 is 13.6. The van der Waals surface area contributed by atoms with Crippen LogP contribution in [0.4, 0.5) is 0 Å². The Hall–Kier alpha value is -1.60. The number of aromatic nitrogens is 2. The van der Waals surface area contributed by atoms with Gasteiger partial charge >= 0.3 is 0 Å². The number of aliphatic imine (C=N–C) groups is 1. The van der Waals surface area contributed by atoms with Gasteiger partial charge in [0.15, 0.2) is 5.96 Å². The molecule has 0 aromatic carbocycles. The van der Waals surface area contributed by atoms with Crippen molar-refractivity contribution in [2.75, 3.05) is 39.9 Å². The lowest BCUT2D eigenvalue weighted by Crippen LogP contribution is -2.53. The summed E-state index contributed by atoms with van der Waals surface area (Å²) in [6.45, 7) is 6.97. The smallest absolute Gasteiger partial charge is 0.193 e. The van der Waals surface area contributed by atoms with Gasteiger partial charge in [0.05, 0.1) is 25.5 Å². The van der Waals surface area contributed by atoms with E-state index in [1.54, 1.807) is 0 Å². The topological polar surface area (TPSA) is 63.9 Å². The number of hydrogen-bond acceptors (Lipinski definition) is 4. The SMILES string of the molecule is CN=C(NCCn1cc(C)cn1)N1CCOC(C2CCCO2)C1. The average Bonchev–Trinajstić information content (AvgIpc) is 3.23. The third-order valence-corrected chi connectivity index (χ3v) is 4.37. The van der Waals surface area contributed by atoms with Gasteiger partial charge in [0.1, 0.15) is 6.10 Å². The van der Waals surface area contributed by atoms with Crippen molar-refractivity contribution in [3.8, 4) is 0 Å². The molecule has 2 aliphatic heterocycles.